The maximum absolute atomic E-state index is 12.1. The minimum absolute atomic E-state index is 0.0332. The van der Waals surface area contributed by atoms with Gasteiger partial charge in [0.15, 0.2) is 0 Å². The van der Waals surface area contributed by atoms with Crippen molar-refractivity contribution in [2.45, 2.75) is 25.3 Å². The first-order chi connectivity index (χ1) is 10.3. The zero-order valence-corrected chi connectivity index (χ0v) is 13.1. The third kappa shape index (κ3) is 3.71. The number of carbonyl (C=O) groups is 1. The quantitative estimate of drug-likeness (QED) is 0.831. The van der Waals surface area contributed by atoms with Gasteiger partial charge in [0, 0.05) is 12.2 Å². The molecule has 0 bridgehead atoms. The Hall–Kier alpha value is -2.19. The van der Waals surface area contributed by atoms with E-state index < -0.39 is 16.0 Å². The first-order valence-corrected chi connectivity index (χ1v) is 8.12. The molecule has 22 heavy (non-hydrogen) atoms. The number of aromatic carboxylic acids is 1. The standard InChI is InChI=1S/C14H17N3O4S/c1-10-9-11(2)17(16-10)8-7-15-22(20,21)13-5-3-12(4-6-13)14(18)19/h3-6,9,15H,7-8H2,1-2H3,(H,18,19). The zero-order chi connectivity index (χ0) is 16.3. The van der Waals surface area contributed by atoms with E-state index in [1.54, 1.807) is 4.68 Å². The van der Waals surface area contributed by atoms with Crippen LogP contribution in [0.4, 0.5) is 0 Å². The number of aryl methyl sites for hydroxylation is 2. The fraction of sp³-hybridized carbons (Fsp3) is 0.286. The summed E-state index contributed by atoms with van der Waals surface area (Å²) >= 11 is 0. The van der Waals surface area contributed by atoms with Gasteiger partial charge in [0.05, 0.1) is 22.7 Å². The minimum atomic E-state index is -3.66. The Balaban J connectivity index is 2.01. The highest BCUT2D eigenvalue weighted by molar-refractivity contribution is 7.89. The highest BCUT2D eigenvalue weighted by Crippen LogP contribution is 2.10. The molecule has 0 aliphatic carbocycles. The summed E-state index contributed by atoms with van der Waals surface area (Å²) < 4.78 is 28.4. The predicted octanol–water partition coefficient (Wildman–Crippen LogP) is 1.18. The summed E-state index contributed by atoms with van der Waals surface area (Å²) in [4.78, 5) is 10.8. The van der Waals surface area contributed by atoms with Gasteiger partial charge in [-0.1, -0.05) is 0 Å². The van der Waals surface area contributed by atoms with E-state index in [1.165, 1.54) is 24.3 Å². The maximum atomic E-state index is 12.1. The number of benzene rings is 1. The van der Waals surface area contributed by atoms with Gasteiger partial charge in [-0.2, -0.15) is 5.10 Å². The molecule has 0 spiro atoms. The normalized spacial score (nSPS) is 11.5. The van der Waals surface area contributed by atoms with Crippen LogP contribution in [0.2, 0.25) is 0 Å². The molecular weight excluding hydrogens is 306 g/mol. The van der Waals surface area contributed by atoms with Crippen molar-refractivity contribution in [3.05, 3.63) is 47.3 Å². The lowest BCUT2D eigenvalue weighted by atomic mass is 10.2. The molecule has 8 heteroatoms. The number of rotatable bonds is 6. The smallest absolute Gasteiger partial charge is 0.335 e. The summed E-state index contributed by atoms with van der Waals surface area (Å²) in [6, 6.07) is 6.99. The van der Waals surface area contributed by atoms with Crippen LogP contribution in [0.1, 0.15) is 21.7 Å². The van der Waals surface area contributed by atoms with E-state index in [0.717, 1.165) is 11.4 Å². The summed E-state index contributed by atoms with van der Waals surface area (Å²) in [6.07, 6.45) is 0. The average molecular weight is 323 g/mol. The molecule has 7 nitrogen and oxygen atoms in total. The van der Waals surface area contributed by atoms with Crippen molar-refractivity contribution in [2.75, 3.05) is 6.54 Å². The van der Waals surface area contributed by atoms with Gasteiger partial charge in [-0.25, -0.2) is 17.9 Å². The number of nitrogens with zero attached hydrogens (tertiary/aromatic N) is 2. The molecule has 0 aliphatic heterocycles. The van der Waals surface area contributed by atoms with Crippen LogP contribution in [-0.4, -0.2) is 35.8 Å². The molecule has 1 aromatic heterocycles. The molecular formula is C14H17N3O4S. The highest BCUT2D eigenvalue weighted by atomic mass is 32.2. The predicted molar refractivity (Wildman–Crippen MR) is 80.3 cm³/mol. The van der Waals surface area contributed by atoms with Crippen LogP contribution in [0.5, 0.6) is 0 Å². The molecule has 1 aromatic carbocycles. The fourth-order valence-corrected chi connectivity index (χ4v) is 3.07. The number of aromatic nitrogens is 2. The van der Waals surface area contributed by atoms with Crippen molar-refractivity contribution in [3.8, 4) is 0 Å². The van der Waals surface area contributed by atoms with E-state index in [4.69, 9.17) is 5.11 Å². The minimum Gasteiger partial charge on any atom is -0.478 e. The molecule has 0 radical (unpaired) electrons. The molecule has 0 aliphatic rings. The van der Waals surface area contributed by atoms with E-state index in [2.05, 4.69) is 9.82 Å². The second kappa shape index (κ2) is 6.29. The Morgan fingerprint density at radius 1 is 1.27 bits per heavy atom. The Bertz CT molecular complexity index is 779. The van der Waals surface area contributed by atoms with Crippen molar-refractivity contribution >= 4 is 16.0 Å². The maximum Gasteiger partial charge on any atom is 0.335 e. The molecule has 2 aromatic rings. The Kier molecular flexibility index (Phi) is 4.62. The van der Waals surface area contributed by atoms with E-state index in [1.807, 2.05) is 19.9 Å². The van der Waals surface area contributed by atoms with Crippen LogP contribution < -0.4 is 4.72 Å². The highest BCUT2D eigenvalue weighted by Gasteiger charge is 2.14. The summed E-state index contributed by atoms with van der Waals surface area (Å²) in [7, 11) is -3.66. The lowest BCUT2D eigenvalue weighted by Crippen LogP contribution is -2.28. The van der Waals surface area contributed by atoms with Gasteiger partial charge in [-0.15, -0.1) is 0 Å². The molecule has 2 N–H and O–H groups in total. The first kappa shape index (κ1) is 16.2. The van der Waals surface area contributed by atoms with Crippen molar-refractivity contribution in [1.29, 1.82) is 0 Å². The molecule has 0 unspecified atom stereocenters. The summed E-state index contributed by atoms with van der Waals surface area (Å²) in [5, 5.41) is 13.0. The lowest BCUT2D eigenvalue weighted by molar-refractivity contribution is 0.0696. The van der Waals surface area contributed by atoms with Gasteiger partial charge in [0.2, 0.25) is 10.0 Å². The van der Waals surface area contributed by atoms with Gasteiger partial charge < -0.3 is 5.11 Å². The topological polar surface area (TPSA) is 101 Å². The zero-order valence-electron chi connectivity index (χ0n) is 12.3. The van der Waals surface area contributed by atoms with Gasteiger partial charge >= 0.3 is 5.97 Å². The summed E-state index contributed by atoms with van der Waals surface area (Å²) in [5.41, 5.74) is 1.88. The van der Waals surface area contributed by atoms with E-state index in [9.17, 15) is 13.2 Å². The van der Waals surface area contributed by atoms with Crippen LogP contribution in [0, 0.1) is 13.8 Å². The van der Waals surface area contributed by atoms with Gasteiger partial charge in [-0.3, -0.25) is 4.68 Å². The molecule has 0 saturated carbocycles. The summed E-state index contributed by atoms with van der Waals surface area (Å²) in [5.74, 6) is -1.10. The molecule has 0 fully saturated rings. The van der Waals surface area contributed by atoms with Crippen molar-refractivity contribution in [2.24, 2.45) is 0 Å². The number of carboxylic acids is 1. The first-order valence-electron chi connectivity index (χ1n) is 6.64. The monoisotopic (exact) mass is 323 g/mol. The van der Waals surface area contributed by atoms with Crippen LogP contribution in [0.3, 0.4) is 0 Å². The third-order valence-electron chi connectivity index (χ3n) is 3.13. The molecule has 0 saturated heterocycles. The van der Waals surface area contributed by atoms with Gasteiger partial charge in [-0.05, 0) is 44.2 Å². The molecule has 118 valence electrons. The van der Waals surface area contributed by atoms with Gasteiger partial charge in [0.25, 0.3) is 0 Å². The largest absolute Gasteiger partial charge is 0.478 e. The third-order valence-corrected chi connectivity index (χ3v) is 4.61. The van der Waals surface area contributed by atoms with Crippen LogP contribution >= 0.6 is 0 Å². The lowest BCUT2D eigenvalue weighted by Gasteiger charge is -2.08. The number of nitrogens with one attached hydrogen (secondary N) is 1. The van der Waals surface area contributed by atoms with Crippen LogP contribution in [0.25, 0.3) is 0 Å². The Morgan fingerprint density at radius 3 is 2.41 bits per heavy atom. The van der Waals surface area contributed by atoms with Crippen molar-refractivity contribution < 1.29 is 18.3 Å². The van der Waals surface area contributed by atoms with Crippen LogP contribution in [-0.2, 0) is 16.6 Å². The molecule has 0 amide bonds. The second-order valence-electron chi connectivity index (χ2n) is 4.88. The van der Waals surface area contributed by atoms with Crippen molar-refractivity contribution in [1.82, 2.24) is 14.5 Å². The Morgan fingerprint density at radius 2 is 1.91 bits per heavy atom. The fourth-order valence-electron chi connectivity index (χ4n) is 2.05. The van der Waals surface area contributed by atoms with E-state index in [-0.39, 0.29) is 17.0 Å². The molecule has 2 rings (SSSR count). The molecule has 1 heterocycles. The second-order valence-corrected chi connectivity index (χ2v) is 6.64. The van der Waals surface area contributed by atoms with Crippen LogP contribution in [0.15, 0.2) is 35.2 Å². The van der Waals surface area contributed by atoms with Crippen molar-refractivity contribution in [3.63, 3.8) is 0 Å². The summed E-state index contributed by atoms with van der Waals surface area (Å²) in [6.45, 7) is 4.40. The molecule has 0 atom stereocenters. The van der Waals surface area contributed by atoms with Gasteiger partial charge in [0.1, 0.15) is 0 Å². The van der Waals surface area contributed by atoms with E-state index in [0.29, 0.717) is 6.54 Å². The number of hydrogen-bond donors (Lipinski definition) is 2. The average Bonchev–Trinajstić information content (AvgIpc) is 2.77. The number of hydrogen-bond acceptors (Lipinski definition) is 4. The number of sulfonamides is 1. The Labute approximate surface area is 128 Å². The number of carboxylic acid groups (broad SMARTS) is 1. The SMILES string of the molecule is Cc1cc(C)n(CCNS(=O)(=O)c2ccc(C(=O)O)cc2)n1. The van der Waals surface area contributed by atoms with E-state index >= 15 is 0 Å².